The van der Waals surface area contributed by atoms with Crippen molar-refractivity contribution < 1.29 is 19.5 Å². The Morgan fingerprint density at radius 1 is 1.24 bits per heavy atom. The summed E-state index contributed by atoms with van der Waals surface area (Å²) < 4.78 is 0. The molecular formula is C26H33N3O4S. The molecule has 4 rings (SSSR count). The summed E-state index contributed by atoms with van der Waals surface area (Å²) in [7, 11) is 0. The first-order valence-corrected chi connectivity index (χ1v) is 12.9. The molecule has 2 aromatic rings. The first-order chi connectivity index (χ1) is 16.3. The van der Waals surface area contributed by atoms with E-state index >= 15 is 0 Å². The number of carbonyl (C=O) groups is 3. The molecule has 1 aromatic heterocycles. The number of nitrogens with zero attached hydrogens (tertiary/aromatic N) is 3. The highest BCUT2D eigenvalue weighted by molar-refractivity contribution is 7.13. The van der Waals surface area contributed by atoms with Gasteiger partial charge in [0.1, 0.15) is 6.04 Å². The van der Waals surface area contributed by atoms with E-state index in [4.69, 9.17) is 0 Å². The molecule has 8 heteroatoms. The topological polar surface area (TPSA) is 90.8 Å². The summed E-state index contributed by atoms with van der Waals surface area (Å²) in [4.78, 5) is 47.6. The van der Waals surface area contributed by atoms with Crippen LogP contribution in [0.4, 0.5) is 0 Å². The van der Waals surface area contributed by atoms with Gasteiger partial charge >= 0.3 is 0 Å². The molecule has 0 spiro atoms. The molecule has 3 heterocycles. The van der Waals surface area contributed by atoms with Gasteiger partial charge in [-0.25, -0.2) is 4.98 Å². The quantitative estimate of drug-likeness (QED) is 0.623. The number of aromatic nitrogens is 1. The van der Waals surface area contributed by atoms with Crippen molar-refractivity contribution in [2.75, 3.05) is 13.1 Å². The number of likely N-dealkylation sites (tertiary alicyclic amines) is 2. The maximum Gasteiger partial charge on any atom is 0.246 e. The molecule has 0 radical (unpaired) electrons. The summed E-state index contributed by atoms with van der Waals surface area (Å²) in [6, 6.07) is 6.94. The molecule has 2 aliphatic rings. The lowest BCUT2D eigenvalue weighted by molar-refractivity contribution is -0.148. The molecule has 1 N–H and O–H groups in total. The molecule has 0 unspecified atom stereocenters. The first kappa shape index (κ1) is 24.5. The minimum Gasteiger partial charge on any atom is -0.391 e. The van der Waals surface area contributed by atoms with Crippen LogP contribution in [-0.2, 0) is 20.8 Å². The second-order valence-electron chi connectivity index (χ2n) is 9.71. The summed E-state index contributed by atoms with van der Waals surface area (Å²) in [5, 5.41) is 10.3. The van der Waals surface area contributed by atoms with E-state index in [9.17, 15) is 19.5 Å². The predicted molar refractivity (Wildman–Crippen MR) is 131 cm³/mol. The highest BCUT2D eigenvalue weighted by Crippen LogP contribution is 2.29. The molecule has 0 bridgehead atoms. The Bertz CT molecular complexity index is 1050. The van der Waals surface area contributed by atoms with Crippen LogP contribution in [-0.4, -0.2) is 68.8 Å². The second-order valence-corrected chi connectivity index (χ2v) is 10.6. The Hall–Kier alpha value is -2.58. The van der Waals surface area contributed by atoms with Gasteiger partial charge in [0, 0.05) is 32.4 Å². The van der Waals surface area contributed by atoms with Crippen LogP contribution < -0.4 is 0 Å². The van der Waals surface area contributed by atoms with Gasteiger partial charge in [0.25, 0.3) is 0 Å². The number of carbonyl (C=O) groups excluding carboxylic acids is 3. The highest BCUT2D eigenvalue weighted by Gasteiger charge is 2.44. The predicted octanol–water partition coefficient (Wildman–Crippen LogP) is 3.23. The molecule has 34 heavy (non-hydrogen) atoms. The Balaban J connectivity index is 1.42. The van der Waals surface area contributed by atoms with Gasteiger partial charge in [0.2, 0.25) is 11.8 Å². The third-order valence-corrected chi connectivity index (χ3v) is 7.86. The van der Waals surface area contributed by atoms with Crippen LogP contribution in [0.2, 0.25) is 0 Å². The Kier molecular flexibility index (Phi) is 7.48. The first-order valence-electron chi connectivity index (χ1n) is 12.1. The van der Waals surface area contributed by atoms with Crippen molar-refractivity contribution in [2.24, 2.45) is 5.92 Å². The van der Waals surface area contributed by atoms with Crippen LogP contribution in [0.3, 0.4) is 0 Å². The van der Waals surface area contributed by atoms with Gasteiger partial charge in [-0.15, -0.1) is 11.3 Å². The van der Waals surface area contributed by atoms with E-state index < -0.39 is 18.2 Å². The zero-order chi connectivity index (χ0) is 24.4. The largest absolute Gasteiger partial charge is 0.391 e. The number of Topliss-reactive ketones (excluding diaryl/α,β-unsaturated/α-hetero) is 1. The maximum atomic E-state index is 13.5. The van der Waals surface area contributed by atoms with Crippen LogP contribution in [0.25, 0.3) is 10.4 Å². The number of aryl methyl sites for hydroxylation is 2. The van der Waals surface area contributed by atoms with Crippen molar-refractivity contribution in [3.8, 4) is 10.4 Å². The van der Waals surface area contributed by atoms with Gasteiger partial charge < -0.3 is 14.9 Å². The highest BCUT2D eigenvalue weighted by atomic mass is 32.1. The number of benzene rings is 1. The van der Waals surface area contributed by atoms with E-state index in [1.807, 2.05) is 38.4 Å². The number of thiazole rings is 1. The lowest BCUT2D eigenvalue weighted by atomic mass is 9.98. The Morgan fingerprint density at radius 2 is 1.97 bits per heavy atom. The van der Waals surface area contributed by atoms with Crippen LogP contribution >= 0.6 is 11.3 Å². The third kappa shape index (κ3) is 5.08. The lowest BCUT2D eigenvalue weighted by Crippen LogP contribution is -2.54. The number of aliphatic hydroxyl groups is 1. The van der Waals surface area contributed by atoms with Crippen molar-refractivity contribution in [3.63, 3.8) is 0 Å². The van der Waals surface area contributed by atoms with E-state index in [0.717, 1.165) is 28.1 Å². The van der Waals surface area contributed by atoms with E-state index in [0.29, 0.717) is 25.8 Å². The summed E-state index contributed by atoms with van der Waals surface area (Å²) in [5.74, 6) is -0.331. The third-order valence-electron chi connectivity index (χ3n) is 6.89. The molecule has 2 fully saturated rings. The van der Waals surface area contributed by atoms with Crippen LogP contribution in [0, 0.1) is 12.8 Å². The molecule has 0 aliphatic carbocycles. The van der Waals surface area contributed by atoms with E-state index in [2.05, 4.69) is 17.1 Å². The van der Waals surface area contributed by atoms with Gasteiger partial charge in [0.05, 0.1) is 28.2 Å². The van der Waals surface area contributed by atoms with Gasteiger partial charge in [-0.2, -0.15) is 0 Å². The normalized spacial score (nSPS) is 21.5. The second kappa shape index (κ2) is 10.4. The lowest BCUT2D eigenvalue weighted by Gasteiger charge is -2.35. The van der Waals surface area contributed by atoms with Crippen LogP contribution in [0.5, 0.6) is 0 Å². The average Bonchev–Trinajstić information content (AvgIpc) is 3.53. The molecular weight excluding hydrogens is 450 g/mol. The smallest absolute Gasteiger partial charge is 0.246 e. The van der Waals surface area contributed by atoms with Crippen molar-refractivity contribution in [3.05, 3.63) is 41.0 Å². The molecule has 0 saturated carbocycles. The summed E-state index contributed by atoms with van der Waals surface area (Å²) in [6.07, 6.45) is 1.63. The van der Waals surface area contributed by atoms with E-state index in [1.54, 1.807) is 16.2 Å². The standard InChI is InChI=1S/C26H33N3O4S/c1-16(2)24(28-12-4-5-23(28)32)26(33)29-14-20(30)13-21(29)22(31)11-8-18-6-9-19(10-7-18)25-17(3)27-15-34-25/h6-7,9-10,15-16,20-21,24,30H,4-5,8,11-14H2,1-3H3/t20-,21+,24+/m1/s1. The molecule has 2 aliphatic heterocycles. The van der Waals surface area contributed by atoms with Gasteiger partial charge in [-0.1, -0.05) is 38.1 Å². The number of rotatable bonds is 8. The van der Waals surface area contributed by atoms with E-state index in [1.165, 1.54) is 4.90 Å². The summed E-state index contributed by atoms with van der Waals surface area (Å²) in [6.45, 7) is 6.55. The number of β-amino-alcohol motifs (C(OH)–C–C–N with tert-alkyl or cyclic N) is 1. The van der Waals surface area contributed by atoms with Crippen molar-refractivity contribution in [1.29, 1.82) is 0 Å². The fourth-order valence-electron chi connectivity index (χ4n) is 5.11. The SMILES string of the molecule is Cc1ncsc1-c1ccc(CCC(=O)[C@@H]2C[C@@H](O)CN2C(=O)[C@H](C(C)C)N2CCCC2=O)cc1. The Morgan fingerprint density at radius 3 is 2.56 bits per heavy atom. The molecule has 3 atom stereocenters. The fourth-order valence-corrected chi connectivity index (χ4v) is 5.92. The van der Waals surface area contributed by atoms with Crippen molar-refractivity contribution in [2.45, 2.75) is 71.1 Å². The molecule has 2 amide bonds. The number of aliphatic hydroxyl groups excluding tert-OH is 1. The van der Waals surface area contributed by atoms with E-state index in [-0.39, 0.29) is 36.5 Å². The van der Waals surface area contributed by atoms with Crippen LogP contribution in [0.1, 0.15) is 50.8 Å². The maximum absolute atomic E-state index is 13.5. The molecule has 182 valence electrons. The van der Waals surface area contributed by atoms with Crippen molar-refractivity contribution >= 4 is 28.9 Å². The summed E-state index contributed by atoms with van der Waals surface area (Å²) in [5.41, 5.74) is 5.01. The zero-order valence-electron chi connectivity index (χ0n) is 20.1. The Labute approximate surface area is 204 Å². The number of hydrogen-bond acceptors (Lipinski definition) is 6. The zero-order valence-corrected chi connectivity index (χ0v) is 20.9. The molecule has 7 nitrogen and oxygen atoms in total. The monoisotopic (exact) mass is 483 g/mol. The summed E-state index contributed by atoms with van der Waals surface area (Å²) >= 11 is 1.61. The van der Waals surface area contributed by atoms with Gasteiger partial charge in [-0.3, -0.25) is 14.4 Å². The van der Waals surface area contributed by atoms with Gasteiger partial charge in [0.15, 0.2) is 5.78 Å². The van der Waals surface area contributed by atoms with Crippen molar-refractivity contribution in [1.82, 2.24) is 14.8 Å². The minimum atomic E-state index is -0.720. The number of hydrogen-bond donors (Lipinski definition) is 1. The minimum absolute atomic E-state index is 0.00774. The van der Waals surface area contributed by atoms with Gasteiger partial charge in [-0.05, 0) is 36.8 Å². The molecule has 2 saturated heterocycles. The number of ketones is 1. The fraction of sp³-hybridized carbons (Fsp3) is 0.538. The number of amides is 2. The molecule has 1 aromatic carbocycles. The average molecular weight is 484 g/mol. The van der Waals surface area contributed by atoms with Crippen LogP contribution in [0.15, 0.2) is 29.8 Å².